The number of alkyl halides is 3. The van der Waals surface area contributed by atoms with Crippen molar-refractivity contribution in [1.82, 2.24) is 0 Å². The van der Waals surface area contributed by atoms with E-state index in [2.05, 4.69) is 4.74 Å². The lowest BCUT2D eigenvalue weighted by atomic mass is 9.96. The molecule has 6 heteroatoms. The van der Waals surface area contributed by atoms with Gasteiger partial charge in [-0.2, -0.15) is 0 Å². The third-order valence-electron chi connectivity index (χ3n) is 2.94. The summed E-state index contributed by atoms with van der Waals surface area (Å²) in [5.74, 6) is -1.43. The zero-order valence-electron chi connectivity index (χ0n) is 10.9. The number of ether oxygens (including phenoxy) is 1. The molecule has 0 unspecified atom stereocenters. The molecule has 21 heavy (non-hydrogen) atoms. The Bertz CT molecular complexity index is 678. The minimum absolute atomic E-state index is 0.106. The van der Waals surface area contributed by atoms with E-state index in [1.165, 1.54) is 24.3 Å². The number of hydrogen-bond donors (Lipinski definition) is 1. The summed E-state index contributed by atoms with van der Waals surface area (Å²) >= 11 is 0. The Kier molecular flexibility index (Phi) is 3.88. The fourth-order valence-corrected chi connectivity index (χ4v) is 2.04. The minimum atomic E-state index is -4.77. The van der Waals surface area contributed by atoms with E-state index in [0.29, 0.717) is 16.7 Å². The lowest BCUT2D eigenvalue weighted by Crippen LogP contribution is -2.17. The van der Waals surface area contributed by atoms with E-state index >= 15 is 0 Å². The minimum Gasteiger partial charge on any atom is -0.478 e. The Hall–Kier alpha value is -2.50. The van der Waals surface area contributed by atoms with Crippen LogP contribution < -0.4 is 4.74 Å². The van der Waals surface area contributed by atoms with E-state index in [4.69, 9.17) is 5.11 Å². The van der Waals surface area contributed by atoms with E-state index in [1.54, 1.807) is 25.1 Å². The third kappa shape index (κ3) is 3.53. The van der Waals surface area contributed by atoms with E-state index in [-0.39, 0.29) is 11.3 Å². The average Bonchev–Trinajstić information content (AvgIpc) is 2.36. The van der Waals surface area contributed by atoms with Gasteiger partial charge in [-0.15, -0.1) is 13.2 Å². The number of carbonyl (C=O) groups is 1. The largest absolute Gasteiger partial charge is 0.573 e. The first-order valence-corrected chi connectivity index (χ1v) is 5.97. The Morgan fingerprint density at radius 3 is 2.43 bits per heavy atom. The average molecular weight is 296 g/mol. The fourth-order valence-electron chi connectivity index (χ4n) is 2.04. The SMILES string of the molecule is Cc1c(C(=O)O)cccc1-c1cccc(OC(F)(F)F)c1. The molecule has 110 valence electrons. The van der Waals surface area contributed by atoms with Gasteiger partial charge in [0.2, 0.25) is 0 Å². The van der Waals surface area contributed by atoms with Gasteiger partial charge in [0.15, 0.2) is 0 Å². The molecule has 0 aliphatic carbocycles. The molecule has 0 fully saturated rings. The second kappa shape index (κ2) is 5.47. The van der Waals surface area contributed by atoms with Crippen molar-refractivity contribution in [3.8, 4) is 16.9 Å². The molecule has 0 aromatic heterocycles. The zero-order valence-corrected chi connectivity index (χ0v) is 10.9. The first-order valence-electron chi connectivity index (χ1n) is 5.97. The lowest BCUT2D eigenvalue weighted by molar-refractivity contribution is -0.274. The summed E-state index contributed by atoms with van der Waals surface area (Å²) in [6.07, 6.45) is -4.77. The number of benzene rings is 2. The molecule has 0 saturated carbocycles. The number of carboxylic acids is 1. The van der Waals surface area contributed by atoms with Crippen molar-refractivity contribution < 1.29 is 27.8 Å². The van der Waals surface area contributed by atoms with Crippen LogP contribution in [0.4, 0.5) is 13.2 Å². The maximum absolute atomic E-state index is 12.2. The Labute approximate surface area is 118 Å². The molecule has 0 heterocycles. The normalized spacial score (nSPS) is 11.2. The van der Waals surface area contributed by atoms with Crippen molar-refractivity contribution in [2.45, 2.75) is 13.3 Å². The highest BCUT2D eigenvalue weighted by atomic mass is 19.4. The summed E-state index contributed by atoms with van der Waals surface area (Å²) in [5, 5.41) is 9.07. The maximum Gasteiger partial charge on any atom is 0.573 e. The molecule has 0 aliphatic rings. The number of carboxylic acid groups (broad SMARTS) is 1. The van der Waals surface area contributed by atoms with Gasteiger partial charge < -0.3 is 9.84 Å². The van der Waals surface area contributed by atoms with Crippen LogP contribution in [-0.2, 0) is 0 Å². The van der Waals surface area contributed by atoms with Crippen LogP contribution in [0.2, 0.25) is 0 Å². The topological polar surface area (TPSA) is 46.5 Å². The molecular weight excluding hydrogens is 285 g/mol. The van der Waals surface area contributed by atoms with Crippen LogP contribution in [0.15, 0.2) is 42.5 Å². The van der Waals surface area contributed by atoms with E-state index < -0.39 is 12.3 Å². The number of aromatic carboxylic acids is 1. The predicted octanol–water partition coefficient (Wildman–Crippen LogP) is 4.26. The highest BCUT2D eigenvalue weighted by Crippen LogP contribution is 2.30. The fraction of sp³-hybridized carbons (Fsp3) is 0.133. The van der Waals surface area contributed by atoms with Crippen molar-refractivity contribution in [1.29, 1.82) is 0 Å². The second-order valence-corrected chi connectivity index (χ2v) is 4.36. The van der Waals surface area contributed by atoms with Gasteiger partial charge in [-0.25, -0.2) is 4.79 Å². The van der Waals surface area contributed by atoms with Gasteiger partial charge in [-0.3, -0.25) is 0 Å². The van der Waals surface area contributed by atoms with Gasteiger partial charge in [-0.05, 0) is 41.8 Å². The smallest absolute Gasteiger partial charge is 0.478 e. The van der Waals surface area contributed by atoms with Crippen LogP contribution in [0.3, 0.4) is 0 Å². The van der Waals surface area contributed by atoms with Gasteiger partial charge in [0.05, 0.1) is 5.56 Å². The monoisotopic (exact) mass is 296 g/mol. The van der Waals surface area contributed by atoms with Crippen LogP contribution in [0.1, 0.15) is 15.9 Å². The van der Waals surface area contributed by atoms with E-state index in [0.717, 1.165) is 0 Å². The lowest BCUT2D eigenvalue weighted by Gasteiger charge is -2.12. The van der Waals surface area contributed by atoms with Crippen LogP contribution in [-0.4, -0.2) is 17.4 Å². The van der Waals surface area contributed by atoms with Crippen molar-refractivity contribution in [2.24, 2.45) is 0 Å². The standard InChI is InChI=1S/C15H11F3O3/c1-9-12(6-3-7-13(9)14(19)20)10-4-2-5-11(8-10)21-15(16,17)18/h2-8H,1H3,(H,19,20). The summed E-state index contributed by atoms with van der Waals surface area (Å²) in [7, 11) is 0. The van der Waals surface area contributed by atoms with Crippen molar-refractivity contribution in [3.05, 3.63) is 53.6 Å². The van der Waals surface area contributed by atoms with E-state index in [1.807, 2.05) is 0 Å². The molecule has 3 nitrogen and oxygen atoms in total. The first kappa shape index (κ1) is 14.9. The van der Waals surface area contributed by atoms with Gasteiger partial charge >= 0.3 is 12.3 Å². The summed E-state index contributed by atoms with van der Waals surface area (Å²) < 4.78 is 40.5. The Morgan fingerprint density at radius 2 is 1.81 bits per heavy atom. The third-order valence-corrected chi connectivity index (χ3v) is 2.94. The van der Waals surface area contributed by atoms with E-state index in [9.17, 15) is 18.0 Å². The molecule has 0 radical (unpaired) electrons. The Balaban J connectivity index is 2.46. The van der Waals surface area contributed by atoms with Gasteiger partial charge in [0, 0.05) is 0 Å². The predicted molar refractivity (Wildman–Crippen MR) is 70.3 cm³/mol. The second-order valence-electron chi connectivity index (χ2n) is 4.36. The number of rotatable bonds is 3. The molecule has 0 spiro atoms. The van der Waals surface area contributed by atoms with Gasteiger partial charge in [0.1, 0.15) is 5.75 Å². The first-order chi connectivity index (χ1) is 9.78. The van der Waals surface area contributed by atoms with Crippen LogP contribution in [0.25, 0.3) is 11.1 Å². The van der Waals surface area contributed by atoms with Crippen molar-refractivity contribution >= 4 is 5.97 Å². The van der Waals surface area contributed by atoms with Crippen molar-refractivity contribution in [3.63, 3.8) is 0 Å². The summed E-state index contributed by atoms with van der Waals surface area (Å²) in [5.41, 5.74) is 1.59. The molecule has 2 aromatic carbocycles. The molecule has 0 bridgehead atoms. The molecule has 2 rings (SSSR count). The van der Waals surface area contributed by atoms with Crippen LogP contribution >= 0.6 is 0 Å². The number of hydrogen-bond acceptors (Lipinski definition) is 2. The highest BCUT2D eigenvalue weighted by molar-refractivity contribution is 5.92. The van der Waals surface area contributed by atoms with Crippen LogP contribution in [0.5, 0.6) is 5.75 Å². The molecule has 0 aliphatic heterocycles. The summed E-state index contributed by atoms with van der Waals surface area (Å²) in [6.45, 7) is 1.61. The van der Waals surface area contributed by atoms with Crippen LogP contribution in [0, 0.1) is 6.92 Å². The molecular formula is C15H11F3O3. The molecule has 2 aromatic rings. The molecule has 0 saturated heterocycles. The zero-order chi connectivity index (χ0) is 15.6. The van der Waals surface area contributed by atoms with Gasteiger partial charge in [-0.1, -0.05) is 24.3 Å². The highest BCUT2D eigenvalue weighted by Gasteiger charge is 2.31. The quantitative estimate of drug-likeness (QED) is 0.920. The maximum atomic E-state index is 12.2. The molecule has 0 atom stereocenters. The number of halogens is 3. The van der Waals surface area contributed by atoms with Crippen molar-refractivity contribution in [2.75, 3.05) is 0 Å². The summed E-state index contributed by atoms with van der Waals surface area (Å²) in [6, 6.07) is 10.1. The summed E-state index contributed by atoms with van der Waals surface area (Å²) in [4.78, 5) is 11.1. The Morgan fingerprint density at radius 1 is 1.14 bits per heavy atom. The molecule has 0 amide bonds. The molecule has 1 N–H and O–H groups in total. The van der Waals surface area contributed by atoms with Gasteiger partial charge in [0.25, 0.3) is 0 Å².